The molecule has 0 saturated carbocycles. The number of amides is 1. The molecule has 128 valence electrons. The highest BCUT2D eigenvalue weighted by Crippen LogP contribution is 2.16. The molecule has 0 bridgehead atoms. The van der Waals surface area contributed by atoms with Crippen LogP contribution in [0.3, 0.4) is 0 Å². The average Bonchev–Trinajstić information content (AvgIpc) is 3.05. The van der Waals surface area contributed by atoms with E-state index < -0.39 is 10.8 Å². The van der Waals surface area contributed by atoms with Crippen LogP contribution < -0.4 is 5.32 Å². The summed E-state index contributed by atoms with van der Waals surface area (Å²) in [6, 6.07) is 15.2. The molecule has 1 atom stereocenters. The van der Waals surface area contributed by atoms with E-state index in [2.05, 4.69) is 10.4 Å². The molecule has 3 aromatic rings. The van der Waals surface area contributed by atoms with Crippen LogP contribution in [-0.4, -0.2) is 26.2 Å². The molecule has 0 spiro atoms. The van der Waals surface area contributed by atoms with Gasteiger partial charge in [-0.1, -0.05) is 30.3 Å². The third-order valence-electron chi connectivity index (χ3n) is 3.76. The summed E-state index contributed by atoms with van der Waals surface area (Å²) in [5.74, 6) is 0.240. The molecule has 1 aromatic heterocycles. The first-order valence-corrected chi connectivity index (χ1v) is 9.56. The average molecular weight is 353 g/mol. The van der Waals surface area contributed by atoms with E-state index >= 15 is 0 Å². The quantitative estimate of drug-likeness (QED) is 0.765. The smallest absolute Gasteiger partial charge is 0.258 e. The van der Waals surface area contributed by atoms with Crippen molar-refractivity contribution in [3.8, 4) is 5.69 Å². The van der Waals surface area contributed by atoms with Crippen molar-refractivity contribution >= 4 is 22.4 Å². The van der Waals surface area contributed by atoms with Gasteiger partial charge in [0.1, 0.15) is 0 Å². The highest BCUT2D eigenvalue weighted by molar-refractivity contribution is 7.83. The van der Waals surface area contributed by atoms with Gasteiger partial charge in [-0.15, -0.1) is 0 Å². The zero-order valence-electron chi connectivity index (χ0n) is 14.1. The number of hydrogen-bond acceptors (Lipinski definition) is 3. The molecular weight excluding hydrogens is 334 g/mol. The number of benzene rings is 2. The Morgan fingerprint density at radius 2 is 2.00 bits per heavy atom. The van der Waals surface area contributed by atoms with Crippen LogP contribution >= 0.6 is 0 Å². The minimum Gasteiger partial charge on any atom is -0.322 e. The fourth-order valence-corrected chi connectivity index (χ4v) is 3.22. The summed E-state index contributed by atoms with van der Waals surface area (Å²) >= 11 is 0. The van der Waals surface area contributed by atoms with Gasteiger partial charge in [-0.2, -0.15) is 5.10 Å². The minimum absolute atomic E-state index is 0.227. The number of nitrogens with zero attached hydrogens (tertiary/aromatic N) is 2. The van der Waals surface area contributed by atoms with Crippen molar-refractivity contribution in [2.75, 3.05) is 11.6 Å². The van der Waals surface area contributed by atoms with Gasteiger partial charge in [-0.25, -0.2) is 4.68 Å². The zero-order chi connectivity index (χ0) is 17.8. The van der Waals surface area contributed by atoms with Crippen LogP contribution in [0.2, 0.25) is 0 Å². The maximum atomic E-state index is 12.5. The lowest BCUT2D eigenvalue weighted by atomic mass is 10.2. The zero-order valence-corrected chi connectivity index (χ0v) is 14.9. The topological polar surface area (TPSA) is 64.0 Å². The number of carbonyl (C=O) groups is 1. The second-order valence-corrected chi connectivity index (χ2v) is 7.27. The fraction of sp³-hybridized carbons (Fsp3) is 0.158. The largest absolute Gasteiger partial charge is 0.322 e. The lowest BCUT2D eigenvalue weighted by Crippen LogP contribution is -2.11. The molecule has 2 aromatic carbocycles. The van der Waals surface area contributed by atoms with Crippen LogP contribution in [0.4, 0.5) is 5.69 Å². The lowest BCUT2D eigenvalue weighted by Gasteiger charge is -2.06. The van der Waals surface area contributed by atoms with Gasteiger partial charge in [-0.3, -0.25) is 9.00 Å². The van der Waals surface area contributed by atoms with Gasteiger partial charge >= 0.3 is 0 Å². The van der Waals surface area contributed by atoms with E-state index in [1.807, 2.05) is 55.5 Å². The van der Waals surface area contributed by atoms with Crippen LogP contribution in [0, 0.1) is 6.92 Å². The molecular formula is C19H19N3O2S. The molecule has 0 aliphatic rings. The van der Waals surface area contributed by atoms with Crippen molar-refractivity contribution in [3.63, 3.8) is 0 Å². The third kappa shape index (κ3) is 4.22. The molecule has 5 nitrogen and oxygen atoms in total. The Morgan fingerprint density at radius 3 is 2.76 bits per heavy atom. The van der Waals surface area contributed by atoms with E-state index in [-0.39, 0.29) is 5.91 Å². The SMILES string of the molecule is Cc1ccccc1-n1cc(C(=O)Nc2cccc(C[S@](C)=O)c2)cn1. The molecule has 25 heavy (non-hydrogen) atoms. The molecule has 0 saturated heterocycles. The number of aryl methyl sites for hydroxylation is 1. The molecule has 0 unspecified atom stereocenters. The molecule has 1 amide bonds. The minimum atomic E-state index is -0.920. The van der Waals surface area contributed by atoms with E-state index in [1.54, 1.807) is 23.3 Å². The second-order valence-electron chi connectivity index (χ2n) is 5.83. The Bertz CT molecular complexity index is 934. The molecule has 1 N–H and O–H groups in total. The van der Waals surface area contributed by atoms with Crippen LogP contribution in [-0.2, 0) is 16.6 Å². The van der Waals surface area contributed by atoms with Gasteiger partial charge in [-0.05, 0) is 36.2 Å². The summed E-state index contributed by atoms with van der Waals surface area (Å²) < 4.78 is 13.0. The summed E-state index contributed by atoms with van der Waals surface area (Å²) in [6.07, 6.45) is 4.92. The summed E-state index contributed by atoms with van der Waals surface area (Å²) in [5.41, 5.74) is 4.10. The van der Waals surface area contributed by atoms with Gasteiger partial charge in [0.2, 0.25) is 0 Å². The van der Waals surface area contributed by atoms with Crippen LogP contribution in [0.5, 0.6) is 0 Å². The Kier molecular flexibility index (Phi) is 5.09. The number of nitrogens with one attached hydrogen (secondary N) is 1. The Morgan fingerprint density at radius 1 is 1.20 bits per heavy atom. The Balaban J connectivity index is 1.76. The summed E-state index contributed by atoms with van der Waals surface area (Å²) in [6.45, 7) is 2.00. The van der Waals surface area contributed by atoms with Crippen molar-refractivity contribution in [1.29, 1.82) is 0 Å². The van der Waals surface area contributed by atoms with Gasteiger partial charge in [0.05, 0.1) is 17.4 Å². The molecule has 0 aliphatic heterocycles. The summed E-state index contributed by atoms with van der Waals surface area (Å²) in [4.78, 5) is 12.5. The molecule has 3 rings (SSSR count). The standard InChI is InChI=1S/C19H19N3O2S/c1-14-6-3-4-9-18(14)22-12-16(11-20-22)19(23)21-17-8-5-7-15(10-17)13-25(2)24/h3-12H,13H2,1-2H3,(H,21,23)/t25-/m0/s1. The van der Waals surface area contributed by atoms with E-state index in [4.69, 9.17) is 0 Å². The highest BCUT2D eigenvalue weighted by atomic mass is 32.2. The van der Waals surface area contributed by atoms with Crippen molar-refractivity contribution in [3.05, 3.63) is 77.6 Å². The Labute approximate surface area is 149 Å². The number of aromatic nitrogens is 2. The lowest BCUT2D eigenvalue weighted by molar-refractivity contribution is 0.102. The predicted molar refractivity (Wildman–Crippen MR) is 100 cm³/mol. The predicted octanol–water partition coefficient (Wildman–Crippen LogP) is 3.31. The number of hydrogen-bond donors (Lipinski definition) is 1. The van der Waals surface area contributed by atoms with E-state index in [0.29, 0.717) is 17.0 Å². The highest BCUT2D eigenvalue weighted by Gasteiger charge is 2.11. The second kappa shape index (κ2) is 7.44. The first-order chi connectivity index (χ1) is 12.0. The summed E-state index contributed by atoms with van der Waals surface area (Å²) in [7, 11) is -0.920. The van der Waals surface area contributed by atoms with Crippen LogP contribution in [0.1, 0.15) is 21.5 Å². The van der Waals surface area contributed by atoms with Crippen molar-refractivity contribution in [2.24, 2.45) is 0 Å². The molecule has 6 heteroatoms. The first kappa shape index (κ1) is 17.1. The number of carbonyl (C=O) groups excluding carboxylic acids is 1. The molecule has 0 fully saturated rings. The van der Waals surface area contributed by atoms with Gasteiger partial charge in [0, 0.05) is 34.7 Å². The van der Waals surface area contributed by atoms with Crippen molar-refractivity contribution < 1.29 is 9.00 Å². The maximum Gasteiger partial charge on any atom is 0.258 e. The van der Waals surface area contributed by atoms with Gasteiger partial charge in [0.25, 0.3) is 5.91 Å². The maximum absolute atomic E-state index is 12.5. The van der Waals surface area contributed by atoms with E-state index in [0.717, 1.165) is 16.8 Å². The molecule has 0 radical (unpaired) electrons. The normalized spacial score (nSPS) is 11.9. The van der Waals surface area contributed by atoms with Gasteiger partial charge in [0.15, 0.2) is 0 Å². The monoisotopic (exact) mass is 353 g/mol. The van der Waals surface area contributed by atoms with Crippen molar-refractivity contribution in [1.82, 2.24) is 9.78 Å². The van der Waals surface area contributed by atoms with E-state index in [1.165, 1.54) is 0 Å². The molecule has 1 heterocycles. The number of rotatable bonds is 5. The first-order valence-electron chi connectivity index (χ1n) is 7.84. The molecule has 0 aliphatic carbocycles. The van der Waals surface area contributed by atoms with E-state index in [9.17, 15) is 9.00 Å². The van der Waals surface area contributed by atoms with Gasteiger partial charge < -0.3 is 5.32 Å². The van der Waals surface area contributed by atoms with Crippen LogP contribution in [0.25, 0.3) is 5.69 Å². The number of anilines is 1. The summed E-state index contributed by atoms with van der Waals surface area (Å²) in [5, 5.41) is 7.14. The Hall–Kier alpha value is -2.73. The van der Waals surface area contributed by atoms with Crippen molar-refractivity contribution in [2.45, 2.75) is 12.7 Å². The third-order valence-corrected chi connectivity index (χ3v) is 4.50. The van der Waals surface area contributed by atoms with Crippen LogP contribution in [0.15, 0.2) is 60.9 Å². The fourth-order valence-electron chi connectivity index (χ4n) is 2.57. The number of para-hydroxylation sites is 1.